The zero-order valence-corrected chi connectivity index (χ0v) is 12.8. The second-order valence-corrected chi connectivity index (χ2v) is 5.09. The Hall–Kier alpha value is -2.29. The van der Waals surface area contributed by atoms with E-state index >= 15 is 0 Å². The van der Waals surface area contributed by atoms with Gasteiger partial charge in [0.2, 0.25) is 0 Å². The summed E-state index contributed by atoms with van der Waals surface area (Å²) in [5.74, 6) is 0.603. The molecule has 0 aromatic heterocycles. The average Bonchev–Trinajstić information content (AvgIpc) is 2.49. The Balaban J connectivity index is 1.91. The number of nitrogens with one attached hydrogen (secondary N) is 1. The Morgan fingerprint density at radius 2 is 1.81 bits per heavy atom. The van der Waals surface area contributed by atoms with E-state index in [0.717, 1.165) is 29.0 Å². The zero-order chi connectivity index (χ0) is 15.2. The molecule has 0 aliphatic carbocycles. The third-order valence-electron chi connectivity index (χ3n) is 3.56. The highest BCUT2D eigenvalue weighted by Crippen LogP contribution is 2.20. The van der Waals surface area contributed by atoms with Gasteiger partial charge in [0.1, 0.15) is 5.75 Å². The van der Waals surface area contributed by atoms with E-state index in [1.807, 2.05) is 56.3 Å². The SMILES string of the molecule is CCc1ccc(NC(=O)COc2cccc(C)c2C)cc1. The number of anilines is 1. The minimum atomic E-state index is -0.153. The van der Waals surface area contributed by atoms with Crippen LogP contribution in [0, 0.1) is 13.8 Å². The molecule has 2 aromatic carbocycles. The number of aryl methyl sites for hydroxylation is 2. The van der Waals surface area contributed by atoms with Gasteiger partial charge in [0.15, 0.2) is 6.61 Å². The fourth-order valence-corrected chi connectivity index (χ4v) is 2.04. The van der Waals surface area contributed by atoms with Gasteiger partial charge in [0, 0.05) is 5.69 Å². The molecule has 0 bridgehead atoms. The molecule has 0 spiro atoms. The van der Waals surface area contributed by atoms with Gasteiger partial charge < -0.3 is 10.1 Å². The molecule has 0 radical (unpaired) electrons. The number of hydrogen-bond acceptors (Lipinski definition) is 2. The molecule has 2 aromatic rings. The van der Waals surface area contributed by atoms with E-state index in [2.05, 4.69) is 12.2 Å². The van der Waals surface area contributed by atoms with E-state index in [0.29, 0.717) is 0 Å². The van der Waals surface area contributed by atoms with E-state index in [4.69, 9.17) is 4.74 Å². The molecule has 1 amide bonds. The van der Waals surface area contributed by atoms with Crippen molar-refractivity contribution >= 4 is 11.6 Å². The third kappa shape index (κ3) is 4.09. The first kappa shape index (κ1) is 15.1. The summed E-state index contributed by atoms with van der Waals surface area (Å²) in [4.78, 5) is 11.9. The lowest BCUT2D eigenvalue weighted by Crippen LogP contribution is -2.20. The highest BCUT2D eigenvalue weighted by molar-refractivity contribution is 5.91. The number of hydrogen-bond donors (Lipinski definition) is 1. The first-order valence-electron chi connectivity index (χ1n) is 7.18. The van der Waals surface area contributed by atoms with Crippen LogP contribution in [0.4, 0.5) is 5.69 Å². The van der Waals surface area contributed by atoms with Crippen LogP contribution >= 0.6 is 0 Å². The molecule has 0 heterocycles. The van der Waals surface area contributed by atoms with Crippen LogP contribution in [0.15, 0.2) is 42.5 Å². The van der Waals surface area contributed by atoms with Crippen LogP contribution in [0.3, 0.4) is 0 Å². The highest BCUT2D eigenvalue weighted by atomic mass is 16.5. The maximum absolute atomic E-state index is 11.9. The summed E-state index contributed by atoms with van der Waals surface area (Å²) in [7, 11) is 0. The van der Waals surface area contributed by atoms with Crippen molar-refractivity contribution in [1.82, 2.24) is 0 Å². The molecule has 0 saturated carbocycles. The number of benzene rings is 2. The van der Waals surface area contributed by atoms with Crippen molar-refractivity contribution in [3.63, 3.8) is 0 Å². The Labute approximate surface area is 126 Å². The molecule has 1 N–H and O–H groups in total. The predicted octanol–water partition coefficient (Wildman–Crippen LogP) is 3.88. The van der Waals surface area contributed by atoms with Crippen molar-refractivity contribution in [3.8, 4) is 5.75 Å². The Kier molecular flexibility index (Phi) is 4.99. The smallest absolute Gasteiger partial charge is 0.262 e. The lowest BCUT2D eigenvalue weighted by Gasteiger charge is -2.11. The quantitative estimate of drug-likeness (QED) is 0.904. The predicted molar refractivity (Wildman–Crippen MR) is 85.9 cm³/mol. The summed E-state index contributed by atoms with van der Waals surface area (Å²) in [6, 6.07) is 13.7. The van der Waals surface area contributed by atoms with Gasteiger partial charge in [-0.3, -0.25) is 4.79 Å². The molecule has 3 heteroatoms. The summed E-state index contributed by atoms with van der Waals surface area (Å²) in [5.41, 5.74) is 4.27. The molecule has 0 saturated heterocycles. The molecular weight excluding hydrogens is 262 g/mol. The van der Waals surface area contributed by atoms with Gasteiger partial charge in [-0.2, -0.15) is 0 Å². The minimum Gasteiger partial charge on any atom is -0.483 e. The molecule has 3 nitrogen and oxygen atoms in total. The molecular formula is C18H21NO2. The molecule has 2 rings (SSSR count). The number of carbonyl (C=O) groups excluding carboxylic acids is 1. The summed E-state index contributed by atoms with van der Waals surface area (Å²) in [6.45, 7) is 6.13. The second-order valence-electron chi connectivity index (χ2n) is 5.09. The summed E-state index contributed by atoms with van der Waals surface area (Å²) >= 11 is 0. The van der Waals surface area contributed by atoms with Crippen LogP contribution in [0.1, 0.15) is 23.6 Å². The Morgan fingerprint density at radius 1 is 1.10 bits per heavy atom. The maximum Gasteiger partial charge on any atom is 0.262 e. The van der Waals surface area contributed by atoms with Crippen molar-refractivity contribution in [3.05, 3.63) is 59.2 Å². The standard InChI is InChI=1S/C18H21NO2/c1-4-15-8-10-16(11-9-15)19-18(20)12-21-17-7-5-6-13(2)14(17)3/h5-11H,4,12H2,1-3H3,(H,19,20). The average molecular weight is 283 g/mol. The minimum absolute atomic E-state index is 0.0137. The van der Waals surface area contributed by atoms with Gasteiger partial charge in [-0.25, -0.2) is 0 Å². The van der Waals surface area contributed by atoms with Crippen LogP contribution in [0.2, 0.25) is 0 Å². The summed E-state index contributed by atoms with van der Waals surface area (Å²) < 4.78 is 5.58. The number of carbonyl (C=O) groups is 1. The first-order chi connectivity index (χ1) is 10.1. The topological polar surface area (TPSA) is 38.3 Å². The monoisotopic (exact) mass is 283 g/mol. The lowest BCUT2D eigenvalue weighted by atomic mass is 10.1. The Morgan fingerprint density at radius 3 is 2.48 bits per heavy atom. The number of rotatable bonds is 5. The normalized spacial score (nSPS) is 10.2. The maximum atomic E-state index is 11.9. The molecule has 0 aliphatic rings. The molecule has 0 fully saturated rings. The molecule has 0 unspecified atom stereocenters. The highest BCUT2D eigenvalue weighted by Gasteiger charge is 2.06. The van der Waals surface area contributed by atoms with Gasteiger partial charge in [-0.05, 0) is 55.2 Å². The van der Waals surface area contributed by atoms with Crippen LogP contribution in [0.5, 0.6) is 5.75 Å². The van der Waals surface area contributed by atoms with Gasteiger partial charge in [0.05, 0.1) is 0 Å². The fourth-order valence-electron chi connectivity index (χ4n) is 2.04. The first-order valence-corrected chi connectivity index (χ1v) is 7.18. The van der Waals surface area contributed by atoms with E-state index in [9.17, 15) is 4.79 Å². The fraction of sp³-hybridized carbons (Fsp3) is 0.278. The molecule has 21 heavy (non-hydrogen) atoms. The largest absolute Gasteiger partial charge is 0.483 e. The van der Waals surface area contributed by atoms with Crippen LogP contribution in [-0.4, -0.2) is 12.5 Å². The third-order valence-corrected chi connectivity index (χ3v) is 3.56. The summed E-state index contributed by atoms with van der Waals surface area (Å²) in [5, 5.41) is 2.83. The van der Waals surface area contributed by atoms with Crippen molar-refractivity contribution in [2.75, 3.05) is 11.9 Å². The van der Waals surface area contributed by atoms with E-state index in [-0.39, 0.29) is 12.5 Å². The lowest BCUT2D eigenvalue weighted by molar-refractivity contribution is -0.118. The summed E-state index contributed by atoms with van der Waals surface area (Å²) in [6.07, 6.45) is 0.990. The zero-order valence-electron chi connectivity index (χ0n) is 12.8. The molecule has 0 atom stereocenters. The number of ether oxygens (including phenoxy) is 1. The van der Waals surface area contributed by atoms with E-state index in [1.165, 1.54) is 5.56 Å². The Bertz CT molecular complexity index is 618. The van der Waals surface area contributed by atoms with E-state index in [1.54, 1.807) is 0 Å². The van der Waals surface area contributed by atoms with Crippen molar-refractivity contribution in [1.29, 1.82) is 0 Å². The van der Waals surface area contributed by atoms with E-state index < -0.39 is 0 Å². The second kappa shape index (κ2) is 6.93. The van der Waals surface area contributed by atoms with Gasteiger partial charge in [-0.1, -0.05) is 31.2 Å². The van der Waals surface area contributed by atoms with Gasteiger partial charge in [-0.15, -0.1) is 0 Å². The van der Waals surface area contributed by atoms with Crippen molar-refractivity contribution in [2.45, 2.75) is 27.2 Å². The van der Waals surface area contributed by atoms with Crippen LogP contribution in [-0.2, 0) is 11.2 Å². The van der Waals surface area contributed by atoms with Crippen LogP contribution < -0.4 is 10.1 Å². The molecule has 0 aliphatic heterocycles. The van der Waals surface area contributed by atoms with Gasteiger partial charge in [0.25, 0.3) is 5.91 Å². The molecule has 110 valence electrons. The van der Waals surface area contributed by atoms with Crippen LogP contribution in [0.25, 0.3) is 0 Å². The van der Waals surface area contributed by atoms with Gasteiger partial charge >= 0.3 is 0 Å². The van der Waals surface area contributed by atoms with Crippen molar-refractivity contribution in [2.24, 2.45) is 0 Å². The number of amides is 1. The van der Waals surface area contributed by atoms with Crippen molar-refractivity contribution < 1.29 is 9.53 Å².